The van der Waals surface area contributed by atoms with Crippen LogP contribution in [0.1, 0.15) is 44.2 Å². The number of hydrogen-bond acceptors (Lipinski definition) is 10. The zero-order valence-corrected chi connectivity index (χ0v) is 25.5. The zero-order valence-electron chi connectivity index (χ0n) is 25.5. The number of piperazine rings is 1. The lowest BCUT2D eigenvalue weighted by Crippen LogP contribution is -2.60. The van der Waals surface area contributed by atoms with Crippen LogP contribution in [0.3, 0.4) is 0 Å². The fourth-order valence-electron chi connectivity index (χ4n) is 7.34. The van der Waals surface area contributed by atoms with Gasteiger partial charge in [0.25, 0.3) is 0 Å². The van der Waals surface area contributed by atoms with Crippen LogP contribution in [0.25, 0.3) is 22.2 Å². The summed E-state index contributed by atoms with van der Waals surface area (Å²) in [5.74, 6) is -0.658. The average Bonchev–Trinajstić information content (AvgIpc) is 3.37. The molecule has 3 fully saturated rings. The summed E-state index contributed by atoms with van der Waals surface area (Å²) in [5, 5.41) is 3.73. The molecule has 5 atom stereocenters. The monoisotopic (exact) mass is 631 g/mol. The Morgan fingerprint density at radius 2 is 2.00 bits per heavy atom. The molecule has 14 heteroatoms. The maximum Gasteiger partial charge on any atom is 0.417 e. The van der Waals surface area contributed by atoms with E-state index in [2.05, 4.69) is 32.0 Å². The van der Waals surface area contributed by atoms with Crippen molar-refractivity contribution < 1.29 is 31.8 Å². The number of nitrogens with two attached hydrogens (primary N) is 1. The van der Waals surface area contributed by atoms with Gasteiger partial charge in [-0.2, -0.15) is 23.1 Å². The number of alkyl halides is 3. The summed E-state index contributed by atoms with van der Waals surface area (Å²) in [6.07, 6.45) is -2.49. The Kier molecular flexibility index (Phi) is 7.64. The van der Waals surface area contributed by atoms with E-state index in [0.29, 0.717) is 38.2 Å². The number of benzene rings is 1. The first kappa shape index (κ1) is 30.2. The highest BCUT2D eigenvalue weighted by atomic mass is 19.4. The van der Waals surface area contributed by atoms with Gasteiger partial charge in [0.15, 0.2) is 5.82 Å². The van der Waals surface area contributed by atoms with E-state index in [4.69, 9.17) is 24.9 Å². The van der Waals surface area contributed by atoms with Gasteiger partial charge >= 0.3 is 12.2 Å². The molecule has 2 aromatic heterocycles. The Bertz CT molecular complexity index is 1620. The van der Waals surface area contributed by atoms with Crippen LogP contribution in [0, 0.1) is 12.7 Å². The molecular weight excluding hydrogens is 594 g/mol. The molecule has 7 rings (SSSR count). The van der Waals surface area contributed by atoms with Crippen molar-refractivity contribution in [1.29, 1.82) is 0 Å². The third-order valence-electron chi connectivity index (χ3n) is 9.63. The van der Waals surface area contributed by atoms with Crippen molar-refractivity contribution in [3.8, 4) is 23.1 Å². The molecule has 0 amide bonds. The van der Waals surface area contributed by atoms with Gasteiger partial charge in [-0.15, -0.1) is 0 Å². The minimum atomic E-state index is -4.79. The van der Waals surface area contributed by atoms with Gasteiger partial charge in [-0.1, -0.05) is 6.92 Å². The summed E-state index contributed by atoms with van der Waals surface area (Å²) >= 11 is 0. The molecule has 0 saturated carbocycles. The van der Waals surface area contributed by atoms with Crippen LogP contribution in [-0.2, 0) is 10.9 Å². The summed E-state index contributed by atoms with van der Waals surface area (Å²) in [6.45, 7) is 8.78. The van der Waals surface area contributed by atoms with Crippen molar-refractivity contribution in [3.05, 3.63) is 29.1 Å². The largest absolute Gasteiger partial charge is 0.472 e. The molecule has 3 saturated heterocycles. The second-order valence-electron chi connectivity index (χ2n) is 12.5. The SMILES string of the molecule is CC[C@@H]1CN2c3nc(OC[C@@H]4CC[C@H]5COCCN54)nc4c(F)c(-c5cc(N)cc(C)c5C(F)(F)F)nc(c34)O[C@@H](C)[C@@H]2CN1. The maximum absolute atomic E-state index is 16.7. The second kappa shape index (κ2) is 11.4. The summed E-state index contributed by atoms with van der Waals surface area (Å²) in [5.41, 5.74) is 3.64. The highest BCUT2D eigenvalue weighted by Gasteiger charge is 2.42. The Labute approximate surface area is 258 Å². The standard InChI is InChI=1S/C31H37F4N7O3/c1-4-18-12-42-22(11-37-18)16(3)45-29-23-27(25(32)26(38-29)21-10-17(36)9-15(2)24(21)31(33,34)35)39-30(40-28(23)42)44-14-20-6-5-19-13-43-8-7-41(19)20/h9-10,16,18-20,22,37H,4-8,11-14,36H2,1-3H3/t16-,18+,19-,20-,22-/m0/s1. The molecule has 242 valence electrons. The van der Waals surface area contributed by atoms with Crippen LogP contribution < -0.4 is 25.4 Å². The topological polar surface area (TPSA) is 111 Å². The lowest BCUT2D eigenvalue weighted by molar-refractivity contribution is -0.137. The van der Waals surface area contributed by atoms with E-state index in [1.165, 1.54) is 13.0 Å². The Morgan fingerprint density at radius 3 is 2.78 bits per heavy atom. The molecule has 0 bridgehead atoms. The number of ether oxygens (including phenoxy) is 3. The Hall–Kier alpha value is -3.49. The van der Waals surface area contributed by atoms with E-state index in [0.717, 1.165) is 31.9 Å². The number of morpholine rings is 1. The van der Waals surface area contributed by atoms with Gasteiger partial charge in [-0.05, 0) is 50.8 Å². The number of fused-ring (bicyclic) bond motifs is 3. The number of hydrogen-bond donors (Lipinski definition) is 2. The smallest absolute Gasteiger partial charge is 0.417 e. The number of nitrogens with one attached hydrogen (secondary N) is 1. The summed E-state index contributed by atoms with van der Waals surface area (Å²) in [7, 11) is 0. The van der Waals surface area contributed by atoms with Gasteiger partial charge in [0.2, 0.25) is 5.88 Å². The minimum absolute atomic E-state index is 0.0296. The van der Waals surface area contributed by atoms with Gasteiger partial charge in [-0.25, -0.2) is 9.37 Å². The van der Waals surface area contributed by atoms with Crippen molar-refractivity contribution >= 4 is 22.4 Å². The molecule has 10 nitrogen and oxygen atoms in total. The van der Waals surface area contributed by atoms with Crippen LogP contribution in [-0.4, -0.2) is 89.6 Å². The number of aromatic nitrogens is 3. The van der Waals surface area contributed by atoms with Crippen LogP contribution in [0.15, 0.2) is 12.1 Å². The van der Waals surface area contributed by atoms with Gasteiger partial charge in [0, 0.05) is 49.0 Å². The van der Waals surface area contributed by atoms with Crippen molar-refractivity contribution in [2.75, 3.05) is 50.1 Å². The first-order valence-electron chi connectivity index (χ1n) is 15.5. The first-order chi connectivity index (χ1) is 21.5. The summed E-state index contributed by atoms with van der Waals surface area (Å²) in [6, 6.07) is 2.65. The fourth-order valence-corrected chi connectivity index (χ4v) is 7.34. The number of halogens is 4. The van der Waals surface area contributed by atoms with E-state index >= 15 is 4.39 Å². The molecule has 45 heavy (non-hydrogen) atoms. The Balaban J connectivity index is 1.39. The molecule has 1 aromatic carbocycles. The second-order valence-corrected chi connectivity index (χ2v) is 12.5. The van der Waals surface area contributed by atoms with E-state index < -0.39 is 34.9 Å². The van der Waals surface area contributed by atoms with Crippen LogP contribution >= 0.6 is 0 Å². The molecule has 0 radical (unpaired) electrons. The highest BCUT2D eigenvalue weighted by molar-refractivity contribution is 5.97. The van der Waals surface area contributed by atoms with Crippen LogP contribution in [0.4, 0.5) is 29.1 Å². The van der Waals surface area contributed by atoms with E-state index in [-0.39, 0.29) is 58.8 Å². The third-order valence-corrected chi connectivity index (χ3v) is 9.63. The van der Waals surface area contributed by atoms with Crippen molar-refractivity contribution in [1.82, 2.24) is 25.2 Å². The summed E-state index contributed by atoms with van der Waals surface area (Å²) < 4.78 is 77.9. The number of aryl methyl sites for hydroxylation is 1. The lowest BCUT2D eigenvalue weighted by atomic mass is 9.96. The van der Waals surface area contributed by atoms with Gasteiger partial charge in [0.05, 0.1) is 24.8 Å². The van der Waals surface area contributed by atoms with E-state index in [1.807, 2.05) is 6.92 Å². The number of rotatable bonds is 5. The van der Waals surface area contributed by atoms with Crippen LogP contribution in [0.5, 0.6) is 11.9 Å². The zero-order chi connectivity index (χ0) is 31.6. The first-order valence-corrected chi connectivity index (χ1v) is 15.5. The molecule has 4 aliphatic heterocycles. The van der Waals surface area contributed by atoms with Crippen LogP contribution in [0.2, 0.25) is 0 Å². The molecular formula is C31H37F4N7O3. The molecule has 3 N–H and O–H groups in total. The third kappa shape index (κ3) is 5.30. The van der Waals surface area contributed by atoms with Gasteiger partial charge in [-0.3, -0.25) is 4.90 Å². The molecule has 0 spiro atoms. The summed E-state index contributed by atoms with van der Waals surface area (Å²) in [4.78, 5) is 18.1. The fraction of sp³-hybridized carbons (Fsp3) is 0.581. The van der Waals surface area contributed by atoms with Gasteiger partial charge in [0.1, 0.15) is 35.1 Å². The highest BCUT2D eigenvalue weighted by Crippen LogP contribution is 2.45. The Morgan fingerprint density at radius 1 is 1.18 bits per heavy atom. The van der Waals surface area contributed by atoms with E-state index in [9.17, 15) is 13.2 Å². The predicted molar refractivity (Wildman–Crippen MR) is 160 cm³/mol. The normalized spacial score (nSPS) is 26.7. The van der Waals surface area contributed by atoms with Crippen molar-refractivity contribution in [2.24, 2.45) is 0 Å². The average molecular weight is 632 g/mol. The van der Waals surface area contributed by atoms with Gasteiger partial charge < -0.3 is 30.2 Å². The molecule has 4 aliphatic rings. The van der Waals surface area contributed by atoms with E-state index in [1.54, 1.807) is 0 Å². The molecule has 0 aliphatic carbocycles. The van der Waals surface area contributed by atoms with Crippen molar-refractivity contribution in [3.63, 3.8) is 0 Å². The number of anilines is 2. The number of nitrogens with zero attached hydrogens (tertiary/aromatic N) is 5. The quantitative estimate of drug-likeness (QED) is 0.312. The lowest BCUT2D eigenvalue weighted by Gasteiger charge is -2.42. The molecule has 6 heterocycles. The molecule has 3 aromatic rings. The predicted octanol–water partition coefficient (Wildman–Crippen LogP) is 4.32. The van der Waals surface area contributed by atoms with Crippen molar-refractivity contribution in [2.45, 2.75) is 76.5 Å². The maximum atomic E-state index is 16.7. The minimum Gasteiger partial charge on any atom is -0.472 e. The number of nitrogen functional groups attached to an aromatic ring is 1. The molecule has 0 unspecified atom stereocenters. The number of pyridine rings is 1.